The smallest absolute Gasteiger partial charge is 0.147 e. The van der Waals surface area contributed by atoms with Gasteiger partial charge in [0.1, 0.15) is 9.84 Å². The highest BCUT2D eigenvalue weighted by Crippen LogP contribution is 2.19. The first-order chi connectivity index (χ1) is 7.35. The first-order valence-corrected chi connectivity index (χ1v) is 7.03. The average Bonchev–Trinajstić information content (AvgIpc) is 2.49. The molecule has 6 nitrogen and oxygen atoms in total. The third-order valence-corrected chi connectivity index (χ3v) is 3.60. The molecule has 1 unspecified atom stereocenters. The predicted octanol–water partition coefficient (Wildman–Crippen LogP) is -0.332. The number of hydrazine groups is 1. The number of nitrogens with zero attached hydrogens (tertiary/aromatic N) is 2. The van der Waals surface area contributed by atoms with Gasteiger partial charge in [0.15, 0.2) is 0 Å². The molecule has 0 aliphatic carbocycles. The monoisotopic (exact) mass is 246 g/mol. The summed E-state index contributed by atoms with van der Waals surface area (Å²) in [6.07, 6.45) is 3.38. The Morgan fingerprint density at radius 1 is 1.62 bits per heavy atom. The van der Waals surface area contributed by atoms with Crippen LogP contribution in [0.15, 0.2) is 6.20 Å². The second-order valence-corrected chi connectivity index (χ2v) is 6.21. The number of sulfone groups is 1. The third-order valence-electron chi connectivity index (χ3n) is 2.63. The molecule has 92 valence electrons. The highest BCUT2D eigenvalue weighted by atomic mass is 32.2. The molecule has 0 aliphatic rings. The molecule has 0 saturated heterocycles. The Bertz CT molecular complexity index is 452. The summed E-state index contributed by atoms with van der Waals surface area (Å²) in [5, 5.41) is 4.10. The normalized spacial score (nSPS) is 14.0. The van der Waals surface area contributed by atoms with Crippen LogP contribution in [0.2, 0.25) is 0 Å². The van der Waals surface area contributed by atoms with Crippen molar-refractivity contribution in [1.82, 2.24) is 15.2 Å². The van der Waals surface area contributed by atoms with E-state index in [1.807, 2.05) is 14.0 Å². The van der Waals surface area contributed by atoms with Gasteiger partial charge in [0.25, 0.3) is 0 Å². The minimum absolute atomic E-state index is 0.107. The first kappa shape index (κ1) is 13.1. The van der Waals surface area contributed by atoms with Crippen LogP contribution in [0.4, 0.5) is 0 Å². The van der Waals surface area contributed by atoms with Gasteiger partial charge in [-0.3, -0.25) is 16.0 Å². The topological polar surface area (TPSA) is 90.0 Å². The van der Waals surface area contributed by atoms with Crippen LogP contribution < -0.4 is 11.3 Å². The number of nitrogens with two attached hydrogens (primary N) is 1. The zero-order valence-electron chi connectivity index (χ0n) is 9.77. The quantitative estimate of drug-likeness (QED) is 0.548. The van der Waals surface area contributed by atoms with Crippen LogP contribution in [-0.4, -0.2) is 30.2 Å². The molecule has 0 aromatic carbocycles. The molecule has 0 radical (unpaired) electrons. The highest BCUT2D eigenvalue weighted by molar-refractivity contribution is 7.90. The number of aromatic nitrogens is 2. The Morgan fingerprint density at radius 3 is 2.62 bits per heavy atom. The van der Waals surface area contributed by atoms with Crippen LogP contribution in [0.25, 0.3) is 0 Å². The molecule has 1 heterocycles. The van der Waals surface area contributed by atoms with Crippen molar-refractivity contribution in [3.63, 3.8) is 0 Å². The minimum Gasteiger partial charge on any atom is -0.273 e. The van der Waals surface area contributed by atoms with Crippen LogP contribution >= 0.6 is 0 Å². The van der Waals surface area contributed by atoms with Gasteiger partial charge in [0.05, 0.1) is 18.0 Å². The second kappa shape index (κ2) is 4.94. The predicted molar refractivity (Wildman–Crippen MR) is 62.3 cm³/mol. The molecule has 0 fully saturated rings. The third kappa shape index (κ3) is 3.29. The van der Waals surface area contributed by atoms with Gasteiger partial charge >= 0.3 is 0 Å². The van der Waals surface area contributed by atoms with Crippen molar-refractivity contribution in [2.24, 2.45) is 12.9 Å². The molecule has 1 aromatic heterocycles. The van der Waals surface area contributed by atoms with E-state index < -0.39 is 9.84 Å². The summed E-state index contributed by atoms with van der Waals surface area (Å²) in [5.41, 5.74) is 4.55. The zero-order valence-corrected chi connectivity index (χ0v) is 10.6. The molecule has 0 amide bonds. The van der Waals surface area contributed by atoms with Gasteiger partial charge < -0.3 is 0 Å². The van der Waals surface area contributed by atoms with Gasteiger partial charge in [-0.15, -0.1) is 0 Å². The van der Waals surface area contributed by atoms with Gasteiger partial charge in [0, 0.05) is 24.6 Å². The summed E-state index contributed by atoms with van der Waals surface area (Å²) < 4.78 is 23.9. The van der Waals surface area contributed by atoms with Crippen molar-refractivity contribution < 1.29 is 8.42 Å². The standard InChI is InChI=1S/C9H18N4O2S/c1-7-8(6-11-13(7)2)9(12-10)4-5-16(3,14)15/h6,9,12H,4-5,10H2,1-3H3. The molecule has 16 heavy (non-hydrogen) atoms. The van der Waals surface area contributed by atoms with Crippen LogP contribution in [0.3, 0.4) is 0 Å². The van der Waals surface area contributed by atoms with E-state index in [1.165, 1.54) is 6.26 Å². The van der Waals surface area contributed by atoms with Crippen molar-refractivity contribution in [1.29, 1.82) is 0 Å². The number of aryl methyl sites for hydroxylation is 1. The maximum Gasteiger partial charge on any atom is 0.147 e. The van der Waals surface area contributed by atoms with Crippen LogP contribution in [0, 0.1) is 6.92 Å². The summed E-state index contributed by atoms with van der Waals surface area (Å²) in [6, 6.07) is -0.177. The van der Waals surface area contributed by atoms with E-state index in [1.54, 1.807) is 10.9 Å². The summed E-state index contributed by atoms with van der Waals surface area (Å²) in [4.78, 5) is 0. The molecule has 1 atom stereocenters. The van der Waals surface area contributed by atoms with Gasteiger partial charge in [0.2, 0.25) is 0 Å². The molecule has 0 bridgehead atoms. The maximum atomic E-state index is 11.1. The van der Waals surface area contributed by atoms with E-state index in [9.17, 15) is 8.42 Å². The fourth-order valence-corrected chi connectivity index (χ4v) is 2.18. The molecule has 1 aromatic rings. The van der Waals surface area contributed by atoms with Crippen molar-refractivity contribution in [2.45, 2.75) is 19.4 Å². The Kier molecular flexibility index (Phi) is 4.06. The van der Waals surface area contributed by atoms with Crippen LogP contribution in [0.1, 0.15) is 23.7 Å². The SMILES string of the molecule is Cc1c(C(CCS(C)(=O)=O)NN)cnn1C. The molecule has 0 spiro atoms. The van der Waals surface area contributed by atoms with Crippen LogP contribution in [-0.2, 0) is 16.9 Å². The van der Waals surface area contributed by atoms with Crippen molar-refractivity contribution in [3.8, 4) is 0 Å². The van der Waals surface area contributed by atoms with E-state index in [4.69, 9.17) is 5.84 Å². The molecular formula is C9H18N4O2S. The number of hydrogen-bond acceptors (Lipinski definition) is 5. The zero-order chi connectivity index (χ0) is 12.3. The molecule has 1 rings (SSSR count). The number of nitrogens with one attached hydrogen (secondary N) is 1. The van der Waals surface area contributed by atoms with Crippen molar-refractivity contribution in [2.75, 3.05) is 12.0 Å². The molecule has 0 saturated carbocycles. The van der Waals surface area contributed by atoms with E-state index in [2.05, 4.69) is 10.5 Å². The highest BCUT2D eigenvalue weighted by Gasteiger charge is 2.17. The molecule has 7 heteroatoms. The second-order valence-electron chi connectivity index (χ2n) is 3.95. The number of hydrogen-bond donors (Lipinski definition) is 2. The summed E-state index contributed by atoms with van der Waals surface area (Å²) >= 11 is 0. The molecule has 3 N–H and O–H groups in total. The fraction of sp³-hybridized carbons (Fsp3) is 0.667. The Balaban J connectivity index is 2.79. The van der Waals surface area contributed by atoms with E-state index in [-0.39, 0.29) is 11.8 Å². The molecular weight excluding hydrogens is 228 g/mol. The summed E-state index contributed by atoms with van der Waals surface area (Å²) in [6.45, 7) is 1.92. The van der Waals surface area contributed by atoms with Gasteiger partial charge in [-0.05, 0) is 13.3 Å². The largest absolute Gasteiger partial charge is 0.273 e. The summed E-state index contributed by atoms with van der Waals surface area (Å²) in [5.74, 6) is 5.54. The Labute approximate surface area is 95.7 Å². The first-order valence-electron chi connectivity index (χ1n) is 4.97. The Morgan fingerprint density at radius 2 is 2.25 bits per heavy atom. The summed E-state index contributed by atoms with van der Waals surface area (Å²) in [7, 11) is -1.13. The fourth-order valence-electron chi connectivity index (χ4n) is 1.52. The van der Waals surface area contributed by atoms with Gasteiger partial charge in [-0.2, -0.15) is 5.10 Å². The van der Waals surface area contributed by atoms with Crippen molar-refractivity contribution >= 4 is 9.84 Å². The van der Waals surface area contributed by atoms with Gasteiger partial charge in [-0.1, -0.05) is 0 Å². The Hall–Kier alpha value is -0.920. The minimum atomic E-state index is -2.97. The van der Waals surface area contributed by atoms with E-state index in [0.29, 0.717) is 6.42 Å². The van der Waals surface area contributed by atoms with E-state index >= 15 is 0 Å². The molecule has 0 aliphatic heterocycles. The van der Waals surface area contributed by atoms with Crippen molar-refractivity contribution in [3.05, 3.63) is 17.5 Å². The maximum absolute atomic E-state index is 11.1. The lowest BCUT2D eigenvalue weighted by Crippen LogP contribution is -2.29. The average molecular weight is 246 g/mol. The number of rotatable bonds is 5. The van der Waals surface area contributed by atoms with Gasteiger partial charge in [-0.25, -0.2) is 8.42 Å². The van der Waals surface area contributed by atoms with Crippen LogP contribution in [0.5, 0.6) is 0 Å². The lowest BCUT2D eigenvalue weighted by atomic mass is 10.1. The lowest BCUT2D eigenvalue weighted by molar-refractivity contribution is 0.528. The lowest BCUT2D eigenvalue weighted by Gasteiger charge is -2.14. The van der Waals surface area contributed by atoms with E-state index in [0.717, 1.165) is 11.3 Å².